The fourth-order valence-electron chi connectivity index (χ4n) is 3.04. The average molecular weight is 241 g/mol. The molecule has 0 spiro atoms. The van der Waals surface area contributed by atoms with Gasteiger partial charge in [-0.2, -0.15) is 0 Å². The van der Waals surface area contributed by atoms with E-state index in [4.69, 9.17) is 4.74 Å². The van der Waals surface area contributed by atoms with Crippen LogP contribution >= 0.6 is 0 Å². The van der Waals surface area contributed by atoms with Crippen molar-refractivity contribution in [2.24, 2.45) is 23.2 Å². The van der Waals surface area contributed by atoms with Crippen LogP contribution in [0.25, 0.3) is 0 Å². The molecule has 1 saturated heterocycles. The van der Waals surface area contributed by atoms with Gasteiger partial charge in [0.05, 0.1) is 6.61 Å². The van der Waals surface area contributed by atoms with Crippen LogP contribution in [0.2, 0.25) is 0 Å². The van der Waals surface area contributed by atoms with Crippen molar-refractivity contribution in [1.82, 2.24) is 5.32 Å². The summed E-state index contributed by atoms with van der Waals surface area (Å²) in [5, 5.41) is 2.45. The second kappa shape index (κ2) is 5.17. The number of piperidine rings is 1. The van der Waals surface area contributed by atoms with Gasteiger partial charge in [-0.1, -0.05) is 27.7 Å². The SMILES string of the molecule is COCC1(C(C)C)CC(=O)NC(=O)C1C(C)C. The quantitative estimate of drug-likeness (QED) is 0.760. The largest absolute Gasteiger partial charge is 0.384 e. The van der Waals surface area contributed by atoms with Gasteiger partial charge in [0, 0.05) is 24.9 Å². The van der Waals surface area contributed by atoms with E-state index in [1.807, 2.05) is 13.8 Å². The molecule has 4 heteroatoms. The van der Waals surface area contributed by atoms with Gasteiger partial charge in [0.1, 0.15) is 0 Å². The van der Waals surface area contributed by atoms with Gasteiger partial charge in [0.15, 0.2) is 0 Å². The van der Waals surface area contributed by atoms with E-state index in [0.29, 0.717) is 13.0 Å². The van der Waals surface area contributed by atoms with Crippen LogP contribution in [0.1, 0.15) is 34.1 Å². The van der Waals surface area contributed by atoms with Crippen LogP contribution in [-0.2, 0) is 14.3 Å². The second-order valence-electron chi connectivity index (χ2n) is 5.63. The predicted molar refractivity (Wildman–Crippen MR) is 65.2 cm³/mol. The van der Waals surface area contributed by atoms with Crippen LogP contribution < -0.4 is 5.32 Å². The van der Waals surface area contributed by atoms with E-state index in [1.54, 1.807) is 7.11 Å². The maximum Gasteiger partial charge on any atom is 0.230 e. The van der Waals surface area contributed by atoms with Gasteiger partial charge >= 0.3 is 0 Å². The Morgan fingerprint density at radius 2 is 1.94 bits per heavy atom. The van der Waals surface area contributed by atoms with Gasteiger partial charge in [-0.05, 0) is 11.8 Å². The third kappa shape index (κ3) is 2.51. The Labute approximate surface area is 103 Å². The number of hydrogen-bond donors (Lipinski definition) is 1. The molecule has 1 aliphatic heterocycles. The molecule has 0 aromatic heterocycles. The Morgan fingerprint density at radius 3 is 2.35 bits per heavy atom. The minimum atomic E-state index is -0.373. The molecule has 98 valence electrons. The zero-order chi connectivity index (χ0) is 13.2. The number of rotatable bonds is 4. The fraction of sp³-hybridized carbons (Fsp3) is 0.846. The third-order valence-corrected chi connectivity index (χ3v) is 3.88. The van der Waals surface area contributed by atoms with E-state index >= 15 is 0 Å². The summed E-state index contributed by atoms with van der Waals surface area (Å²) in [4.78, 5) is 23.7. The zero-order valence-corrected chi connectivity index (χ0v) is 11.4. The number of amides is 2. The Balaban J connectivity index is 3.17. The molecular formula is C13H23NO3. The lowest BCUT2D eigenvalue weighted by molar-refractivity contribution is -0.153. The molecular weight excluding hydrogens is 218 g/mol. The van der Waals surface area contributed by atoms with Crippen molar-refractivity contribution in [3.63, 3.8) is 0 Å². The molecule has 0 radical (unpaired) electrons. The first-order valence-electron chi connectivity index (χ1n) is 6.17. The summed E-state index contributed by atoms with van der Waals surface area (Å²) in [5.41, 5.74) is -0.373. The molecule has 1 N–H and O–H groups in total. The summed E-state index contributed by atoms with van der Waals surface area (Å²) in [6, 6.07) is 0. The lowest BCUT2D eigenvalue weighted by Gasteiger charge is -2.46. The second-order valence-corrected chi connectivity index (χ2v) is 5.63. The number of ether oxygens (including phenoxy) is 1. The number of hydrogen-bond acceptors (Lipinski definition) is 3. The first-order valence-corrected chi connectivity index (χ1v) is 6.17. The maximum atomic E-state index is 12.1. The molecule has 2 unspecified atom stereocenters. The smallest absolute Gasteiger partial charge is 0.230 e. The summed E-state index contributed by atoms with van der Waals surface area (Å²) in [6.45, 7) is 8.60. The lowest BCUT2D eigenvalue weighted by atomic mass is 9.60. The summed E-state index contributed by atoms with van der Waals surface area (Å²) in [5.74, 6) is -0.0784. The topological polar surface area (TPSA) is 55.4 Å². The highest BCUT2D eigenvalue weighted by atomic mass is 16.5. The molecule has 0 bridgehead atoms. The summed E-state index contributed by atoms with van der Waals surface area (Å²) in [7, 11) is 1.62. The number of carbonyl (C=O) groups excluding carboxylic acids is 2. The van der Waals surface area contributed by atoms with Crippen molar-refractivity contribution < 1.29 is 14.3 Å². The van der Waals surface area contributed by atoms with Crippen molar-refractivity contribution >= 4 is 11.8 Å². The predicted octanol–water partition coefficient (Wildman–Crippen LogP) is 1.59. The average Bonchev–Trinajstić information content (AvgIpc) is 2.15. The van der Waals surface area contributed by atoms with E-state index < -0.39 is 0 Å². The van der Waals surface area contributed by atoms with Crippen molar-refractivity contribution in [2.45, 2.75) is 34.1 Å². The van der Waals surface area contributed by atoms with Crippen LogP contribution in [0.15, 0.2) is 0 Å². The van der Waals surface area contributed by atoms with Crippen LogP contribution in [0.4, 0.5) is 0 Å². The van der Waals surface area contributed by atoms with Crippen LogP contribution in [0, 0.1) is 23.2 Å². The molecule has 1 fully saturated rings. The van der Waals surface area contributed by atoms with E-state index in [1.165, 1.54) is 0 Å². The van der Waals surface area contributed by atoms with Crippen molar-refractivity contribution in [3.8, 4) is 0 Å². The molecule has 4 nitrogen and oxygen atoms in total. The normalized spacial score (nSPS) is 29.9. The van der Waals surface area contributed by atoms with E-state index in [9.17, 15) is 9.59 Å². The van der Waals surface area contributed by atoms with Crippen molar-refractivity contribution in [1.29, 1.82) is 0 Å². The van der Waals surface area contributed by atoms with E-state index in [2.05, 4.69) is 19.2 Å². The molecule has 1 aliphatic rings. The highest BCUT2D eigenvalue weighted by Crippen LogP contribution is 2.45. The molecule has 17 heavy (non-hydrogen) atoms. The lowest BCUT2D eigenvalue weighted by Crippen LogP contribution is -2.57. The van der Waals surface area contributed by atoms with Crippen LogP contribution in [0.3, 0.4) is 0 Å². The number of carbonyl (C=O) groups is 2. The Morgan fingerprint density at radius 1 is 1.35 bits per heavy atom. The maximum absolute atomic E-state index is 12.1. The number of nitrogens with one attached hydrogen (secondary N) is 1. The molecule has 0 saturated carbocycles. The van der Waals surface area contributed by atoms with Crippen molar-refractivity contribution in [2.75, 3.05) is 13.7 Å². The molecule has 2 amide bonds. The summed E-state index contributed by atoms with van der Waals surface area (Å²) >= 11 is 0. The summed E-state index contributed by atoms with van der Waals surface area (Å²) < 4.78 is 5.29. The van der Waals surface area contributed by atoms with Gasteiger partial charge in [-0.3, -0.25) is 14.9 Å². The molecule has 1 rings (SSSR count). The Bertz CT molecular complexity index is 312. The van der Waals surface area contributed by atoms with Gasteiger partial charge in [-0.15, -0.1) is 0 Å². The molecule has 0 aromatic rings. The van der Waals surface area contributed by atoms with Gasteiger partial charge in [0.2, 0.25) is 11.8 Å². The van der Waals surface area contributed by atoms with Gasteiger partial charge < -0.3 is 4.74 Å². The standard InChI is InChI=1S/C13H23NO3/c1-8(2)11-12(16)14-10(15)6-13(11,7-17-5)9(3)4/h8-9,11H,6-7H2,1-5H3,(H,14,15,16). The van der Waals surface area contributed by atoms with E-state index in [-0.39, 0.29) is 35.0 Å². The summed E-state index contributed by atoms with van der Waals surface area (Å²) in [6.07, 6.45) is 0.368. The van der Waals surface area contributed by atoms with Crippen LogP contribution in [-0.4, -0.2) is 25.5 Å². The monoisotopic (exact) mass is 241 g/mol. The van der Waals surface area contributed by atoms with E-state index in [0.717, 1.165) is 0 Å². The number of methoxy groups -OCH3 is 1. The number of imide groups is 1. The molecule has 2 atom stereocenters. The molecule has 0 aliphatic carbocycles. The molecule has 1 heterocycles. The van der Waals surface area contributed by atoms with Crippen molar-refractivity contribution in [3.05, 3.63) is 0 Å². The Hall–Kier alpha value is -0.900. The first kappa shape index (κ1) is 14.2. The highest BCUT2D eigenvalue weighted by Gasteiger charge is 2.51. The highest BCUT2D eigenvalue weighted by molar-refractivity contribution is 5.99. The fourth-order valence-corrected chi connectivity index (χ4v) is 3.04. The molecule has 0 aromatic carbocycles. The first-order chi connectivity index (χ1) is 7.85. The van der Waals surface area contributed by atoms with Gasteiger partial charge in [-0.25, -0.2) is 0 Å². The Kier molecular flexibility index (Phi) is 4.31. The minimum Gasteiger partial charge on any atom is -0.384 e. The zero-order valence-electron chi connectivity index (χ0n) is 11.4. The van der Waals surface area contributed by atoms with Gasteiger partial charge in [0.25, 0.3) is 0 Å². The van der Waals surface area contributed by atoms with Crippen LogP contribution in [0.5, 0.6) is 0 Å². The minimum absolute atomic E-state index is 0.151. The third-order valence-electron chi connectivity index (χ3n) is 3.88.